The van der Waals surface area contributed by atoms with Crippen molar-refractivity contribution in [1.29, 1.82) is 0 Å². The summed E-state index contributed by atoms with van der Waals surface area (Å²) < 4.78 is 10.1. The minimum Gasteiger partial charge on any atom is -0.464 e. The molecular formula is C17H26N2O5S. The Morgan fingerprint density at radius 1 is 1.24 bits per heavy atom. The maximum atomic E-state index is 12.5. The highest BCUT2D eigenvalue weighted by Gasteiger charge is 2.27. The van der Waals surface area contributed by atoms with E-state index in [2.05, 4.69) is 10.6 Å². The Morgan fingerprint density at radius 2 is 1.92 bits per heavy atom. The van der Waals surface area contributed by atoms with Crippen LogP contribution in [-0.2, 0) is 25.5 Å². The van der Waals surface area contributed by atoms with E-state index in [9.17, 15) is 14.4 Å². The highest BCUT2D eigenvalue weighted by atomic mass is 32.1. The summed E-state index contributed by atoms with van der Waals surface area (Å²) in [5.41, 5.74) is 0.233. The third kappa shape index (κ3) is 8.02. The smallest absolute Gasteiger partial charge is 0.408 e. The summed E-state index contributed by atoms with van der Waals surface area (Å²) in [7, 11) is 0. The number of carbonyl (C=O) groups excluding carboxylic acids is 3. The quantitative estimate of drug-likeness (QED) is 0.718. The van der Waals surface area contributed by atoms with Gasteiger partial charge in [0, 0.05) is 6.42 Å². The molecule has 0 spiro atoms. The highest BCUT2D eigenvalue weighted by Crippen LogP contribution is 2.11. The topological polar surface area (TPSA) is 93.7 Å². The molecule has 0 fully saturated rings. The number of nitrogens with one attached hydrogen (secondary N) is 2. The second-order valence-corrected chi connectivity index (χ2v) is 7.30. The molecule has 7 nitrogen and oxygen atoms in total. The Bertz CT molecular complexity index is 580. The van der Waals surface area contributed by atoms with Crippen LogP contribution in [0.5, 0.6) is 0 Å². The van der Waals surface area contributed by atoms with Crippen molar-refractivity contribution in [2.24, 2.45) is 0 Å². The first kappa shape index (κ1) is 21.0. The zero-order chi connectivity index (χ0) is 19.0. The Labute approximate surface area is 152 Å². The SMILES string of the molecule is CCOC(=O)[C@H](C)NC(=O)[C@H](Cc1ccsc1)NC(=O)OC(C)(C)C. The summed E-state index contributed by atoms with van der Waals surface area (Å²) in [6, 6.07) is 0.204. The average Bonchev–Trinajstić information content (AvgIpc) is 2.97. The predicted molar refractivity (Wildman–Crippen MR) is 95.4 cm³/mol. The van der Waals surface area contributed by atoms with Gasteiger partial charge in [0.25, 0.3) is 0 Å². The van der Waals surface area contributed by atoms with Crippen LogP contribution in [0, 0.1) is 0 Å². The Morgan fingerprint density at radius 3 is 2.44 bits per heavy atom. The molecule has 0 bridgehead atoms. The van der Waals surface area contributed by atoms with E-state index in [4.69, 9.17) is 9.47 Å². The van der Waals surface area contributed by atoms with E-state index in [0.717, 1.165) is 5.56 Å². The number of amides is 2. The van der Waals surface area contributed by atoms with Gasteiger partial charge in [0.05, 0.1) is 6.61 Å². The van der Waals surface area contributed by atoms with Crippen LogP contribution in [0.3, 0.4) is 0 Å². The number of alkyl carbamates (subject to hydrolysis) is 1. The van der Waals surface area contributed by atoms with E-state index in [-0.39, 0.29) is 6.61 Å². The summed E-state index contributed by atoms with van der Waals surface area (Å²) >= 11 is 1.50. The lowest BCUT2D eigenvalue weighted by Gasteiger charge is -2.24. The maximum Gasteiger partial charge on any atom is 0.408 e. The third-order valence-corrected chi connectivity index (χ3v) is 3.76. The number of hydrogen-bond donors (Lipinski definition) is 2. The summed E-state index contributed by atoms with van der Waals surface area (Å²) in [5.74, 6) is -1.000. The van der Waals surface area contributed by atoms with E-state index in [1.165, 1.54) is 18.3 Å². The fraction of sp³-hybridized carbons (Fsp3) is 0.588. The van der Waals surface area contributed by atoms with E-state index in [0.29, 0.717) is 6.42 Å². The third-order valence-electron chi connectivity index (χ3n) is 3.03. The molecule has 140 valence electrons. The molecule has 1 aromatic heterocycles. The molecule has 2 amide bonds. The first-order valence-electron chi connectivity index (χ1n) is 8.10. The molecule has 1 rings (SSSR count). The summed E-state index contributed by atoms with van der Waals surface area (Å²) in [5, 5.41) is 8.91. The lowest BCUT2D eigenvalue weighted by atomic mass is 10.1. The van der Waals surface area contributed by atoms with Crippen molar-refractivity contribution in [1.82, 2.24) is 10.6 Å². The fourth-order valence-corrected chi connectivity index (χ4v) is 2.63. The Hall–Kier alpha value is -2.09. The molecule has 0 unspecified atom stereocenters. The zero-order valence-electron chi connectivity index (χ0n) is 15.3. The zero-order valence-corrected chi connectivity index (χ0v) is 16.1. The van der Waals surface area contributed by atoms with E-state index >= 15 is 0 Å². The van der Waals surface area contributed by atoms with Crippen LogP contribution in [-0.4, -0.2) is 42.3 Å². The number of thiophene rings is 1. The van der Waals surface area contributed by atoms with Crippen LogP contribution in [0.2, 0.25) is 0 Å². The van der Waals surface area contributed by atoms with Crippen LogP contribution in [0.15, 0.2) is 16.8 Å². The van der Waals surface area contributed by atoms with Crippen molar-refractivity contribution in [3.63, 3.8) is 0 Å². The van der Waals surface area contributed by atoms with Crippen LogP contribution >= 0.6 is 11.3 Å². The summed E-state index contributed by atoms with van der Waals surface area (Å²) in [6.45, 7) is 8.67. The minimum absolute atomic E-state index is 0.230. The predicted octanol–water partition coefficient (Wildman–Crippen LogP) is 2.25. The number of carbonyl (C=O) groups is 3. The molecule has 8 heteroatoms. The van der Waals surface area contributed by atoms with Crippen molar-refractivity contribution < 1.29 is 23.9 Å². The molecule has 0 aliphatic heterocycles. The van der Waals surface area contributed by atoms with Gasteiger partial charge in [-0.15, -0.1) is 0 Å². The molecule has 0 saturated heterocycles. The highest BCUT2D eigenvalue weighted by molar-refractivity contribution is 7.07. The molecule has 1 heterocycles. The largest absolute Gasteiger partial charge is 0.464 e. The molecule has 0 radical (unpaired) electrons. The standard InChI is InChI=1S/C17H26N2O5S/c1-6-23-15(21)11(2)18-14(20)13(9-12-7-8-25-10-12)19-16(22)24-17(3,4)5/h7-8,10-11,13H,6,9H2,1-5H3,(H,18,20)(H,19,22)/t11-,13-/m0/s1. The van der Waals surface area contributed by atoms with Gasteiger partial charge in [-0.3, -0.25) is 4.79 Å². The number of esters is 1. The molecule has 2 N–H and O–H groups in total. The van der Waals surface area contributed by atoms with Crippen molar-refractivity contribution >= 4 is 29.3 Å². The number of rotatable bonds is 7. The lowest BCUT2D eigenvalue weighted by molar-refractivity contribution is -0.147. The molecule has 0 aromatic carbocycles. The Balaban J connectivity index is 2.77. The van der Waals surface area contributed by atoms with Crippen molar-refractivity contribution in [2.75, 3.05) is 6.61 Å². The lowest BCUT2D eigenvalue weighted by Crippen LogP contribution is -2.52. The van der Waals surface area contributed by atoms with Gasteiger partial charge in [0.1, 0.15) is 17.7 Å². The molecule has 0 aliphatic rings. The van der Waals surface area contributed by atoms with Gasteiger partial charge in [0.2, 0.25) is 5.91 Å². The molecule has 1 aromatic rings. The van der Waals surface area contributed by atoms with E-state index in [1.807, 2.05) is 16.8 Å². The molecule has 25 heavy (non-hydrogen) atoms. The van der Waals surface area contributed by atoms with Gasteiger partial charge < -0.3 is 20.1 Å². The van der Waals surface area contributed by atoms with E-state index in [1.54, 1.807) is 27.7 Å². The van der Waals surface area contributed by atoms with Crippen LogP contribution in [0.4, 0.5) is 4.79 Å². The van der Waals surface area contributed by atoms with Crippen LogP contribution in [0.1, 0.15) is 40.2 Å². The van der Waals surface area contributed by atoms with Gasteiger partial charge in [-0.25, -0.2) is 9.59 Å². The van der Waals surface area contributed by atoms with Crippen LogP contribution < -0.4 is 10.6 Å². The van der Waals surface area contributed by atoms with Crippen LogP contribution in [0.25, 0.3) is 0 Å². The molecule has 0 aliphatic carbocycles. The molecule has 2 atom stereocenters. The summed E-state index contributed by atoms with van der Waals surface area (Å²) in [6.07, 6.45) is -0.393. The minimum atomic E-state index is -0.860. The second kappa shape index (κ2) is 9.41. The van der Waals surface area contributed by atoms with Gasteiger partial charge >= 0.3 is 12.1 Å². The van der Waals surface area contributed by atoms with Gasteiger partial charge in [-0.05, 0) is 57.0 Å². The molecule has 0 saturated carbocycles. The monoisotopic (exact) mass is 370 g/mol. The van der Waals surface area contributed by atoms with Gasteiger partial charge in [-0.2, -0.15) is 11.3 Å². The second-order valence-electron chi connectivity index (χ2n) is 6.52. The maximum absolute atomic E-state index is 12.5. The number of ether oxygens (including phenoxy) is 2. The van der Waals surface area contributed by atoms with Crippen molar-refractivity contribution in [3.05, 3.63) is 22.4 Å². The average molecular weight is 370 g/mol. The van der Waals surface area contributed by atoms with E-state index < -0.39 is 35.7 Å². The number of hydrogen-bond acceptors (Lipinski definition) is 6. The normalized spacial score (nSPS) is 13.5. The molecular weight excluding hydrogens is 344 g/mol. The van der Waals surface area contributed by atoms with Crippen molar-refractivity contribution in [2.45, 2.75) is 58.7 Å². The first-order valence-corrected chi connectivity index (χ1v) is 9.04. The Kier molecular flexibility index (Phi) is 7.89. The van der Waals surface area contributed by atoms with Crippen molar-refractivity contribution in [3.8, 4) is 0 Å². The fourth-order valence-electron chi connectivity index (χ4n) is 1.94. The van der Waals surface area contributed by atoms with Gasteiger partial charge in [-0.1, -0.05) is 0 Å². The first-order chi connectivity index (χ1) is 11.6. The summed E-state index contributed by atoms with van der Waals surface area (Å²) in [4.78, 5) is 36.2. The van der Waals surface area contributed by atoms with Gasteiger partial charge in [0.15, 0.2) is 0 Å².